The smallest absolute Gasteiger partial charge is 0.244 e. The van der Waals surface area contributed by atoms with E-state index in [1.807, 2.05) is 32.9 Å². The van der Waals surface area contributed by atoms with Crippen molar-refractivity contribution >= 4 is 17.4 Å². The second-order valence-electron chi connectivity index (χ2n) is 6.06. The molecular weight excluding hydrogens is 264 g/mol. The molecule has 1 fully saturated rings. The van der Waals surface area contributed by atoms with Crippen LogP contribution < -0.4 is 15.5 Å². The lowest BCUT2D eigenvalue weighted by Crippen LogP contribution is -2.49. The molecule has 0 unspecified atom stereocenters. The molecule has 116 valence electrons. The van der Waals surface area contributed by atoms with Gasteiger partial charge in [-0.05, 0) is 51.8 Å². The fraction of sp³-hybridized carbons (Fsp3) is 0.625. The van der Waals surface area contributed by atoms with Crippen LogP contribution >= 0.6 is 0 Å². The molecule has 2 rings (SSSR count). The summed E-state index contributed by atoms with van der Waals surface area (Å²) in [6.45, 7) is 8.65. The molecule has 0 spiro atoms. The molecule has 21 heavy (non-hydrogen) atoms. The summed E-state index contributed by atoms with van der Waals surface area (Å²) >= 11 is 0. The third-order valence-corrected chi connectivity index (χ3v) is 3.87. The number of hydrogen-bond donors (Lipinski definition) is 2. The zero-order valence-corrected chi connectivity index (χ0v) is 13.3. The minimum atomic E-state index is -0.583. The van der Waals surface area contributed by atoms with E-state index in [0.29, 0.717) is 0 Å². The number of amides is 1. The first-order chi connectivity index (χ1) is 10.0. The van der Waals surface area contributed by atoms with Crippen molar-refractivity contribution in [2.45, 2.75) is 45.6 Å². The first-order valence-corrected chi connectivity index (χ1v) is 7.80. The van der Waals surface area contributed by atoms with Crippen LogP contribution in [0.15, 0.2) is 18.3 Å². The molecule has 0 saturated carbocycles. The van der Waals surface area contributed by atoms with E-state index in [-0.39, 0.29) is 5.91 Å². The highest BCUT2D eigenvalue weighted by Gasteiger charge is 2.26. The van der Waals surface area contributed by atoms with Crippen LogP contribution in [0.1, 0.15) is 40.0 Å². The highest BCUT2D eigenvalue weighted by atomic mass is 16.2. The van der Waals surface area contributed by atoms with Gasteiger partial charge in [0.05, 0.1) is 17.4 Å². The van der Waals surface area contributed by atoms with Crippen molar-refractivity contribution < 1.29 is 4.79 Å². The average Bonchev–Trinajstić information content (AvgIpc) is 2.49. The predicted octanol–water partition coefficient (Wildman–Crippen LogP) is 2.40. The Hall–Kier alpha value is -1.62. The van der Waals surface area contributed by atoms with Gasteiger partial charge in [0, 0.05) is 13.1 Å². The molecule has 0 bridgehead atoms. The van der Waals surface area contributed by atoms with Gasteiger partial charge in [0.25, 0.3) is 0 Å². The second kappa shape index (κ2) is 6.89. The van der Waals surface area contributed by atoms with Crippen molar-refractivity contribution in [3.05, 3.63) is 18.3 Å². The van der Waals surface area contributed by atoms with Gasteiger partial charge < -0.3 is 15.5 Å². The summed E-state index contributed by atoms with van der Waals surface area (Å²) in [6, 6.07) is 3.91. The number of carbonyl (C=O) groups is 1. The van der Waals surface area contributed by atoms with Crippen molar-refractivity contribution in [3.8, 4) is 0 Å². The standard InChI is InChI=1S/C16H26N4O/c1-4-18-16(2,3)15(21)19-13-8-9-14(17-12-13)20-10-6-5-7-11-20/h8-9,12,18H,4-7,10-11H2,1-3H3,(H,19,21). The van der Waals surface area contributed by atoms with Crippen LogP contribution in [0, 0.1) is 0 Å². The number of nitrogens with zero attached hydrogens (tertiary/aromatic N) is 2. The van der Waals surface area contributed by atoms with Crippen molar-refractivity contribution in [1.82, 2.24) is 10.3 Å². The van der Waals surface area contributed by atoms with Crippen LogP contribution in [0.25, 0.3) is 0 Å². The molecule has 5 heteroatoms. The summed E-state index contributed by atoms with van der Waals surface area (Å²) < 4.78 is 0. The van der Waals surface area contributed by atoms with Crippen LogP contribution in [-0.2, 0) is 4.79 Å². The molecule has 0 radical (unpaired) electrons. The Morgan fingerprint density at radius 3 is 2.57 bits per heavy atom. The van der Waals surface area contributed by atoms with E-state index < -0.39 is 5.54 Å². The Kier molecular flexibility index (Phi) is 5.17. The molecule has 0 atom stereocenters. The molecule has 1 aromatic heterocycles. The molecule has 2 N–H and O–H groups in total. The number of aromatic nitrogens is 1. The van der Waals surface area contributed by atoms with Gasteiger partial charge in [-0.2, -0.15) is 0 Å². The van der Waals surface area contributed by atoms with Gasteiger partial charge in [-0.25, -0.2) is 4.98 Å². The fourth-order valence-corrected chi connectivity index (χ4v) is 2.58. The van der Waals surface area contributed by atoms with Crippen LogP contribution in [0.3, 0.4) is 0 Å². The normalized spacial score (nSPS) is 15.9. The summed E-state index contributed by atoms with van der Waals surface area (Å²) in [6.07, 6.45) is 5.52. The minimum Gasteiger partial charge on any atom is -0.357 e. The summed E-state index contributed by atoms with van der Waals surface area (Å²) in [5.41, 5.74) is 0.159. The third-order valence-electron chi connectivity index (χ3n) is 3.87. The Balaban J connectivity index is 1.97. The zero-order valence-electron chi connectivity index (χ0n) is 13.3. The number of likely N-dealkylation sites (N-methyl/N-ethyl adjacent to an activating group) is 1. The number of anilines is 2. The van der Waals surface area contributed by atoms with E-state index >= 15 is 0 Å². The van der Waals surface area contributed by atoms with Crippen molar-refractivity contribution in [1.29, 1.82) is 0 Å². The van der Waals surface area contributed by atoms with E-state index in [2.05, 4.69) is 20.5 Å². The maximum absolute atomic E-state index is 12.2. The largest absolute Gasteiger partial charge is 0.357 e. The number of rotatable bonds is 5. The topological polar surface area (TPSA) is 57.3 Å². The van der Waals surface area contributed by atoms with E-state index in [0.717, 1.165) is 31.1 Å². The van der Waals surface area contributed by atoms with Crippen LogP contribution in [0.2, 0.25) is 0 Å². The van der Waals surface area contributed by atoms with Crippen LogP contribution in [0.4, 0.5) is 11.5 Å². The van der Waals surface area contributed by atoms with Crippen LogP contribution in [-0.4, -0.2) is 36.1 Å². The Morgan fingerprint density at radius 1 is 1.29 bits per heavy atom. The number of pyridine rings is 1. The third kappa shape index (κ3) is 4.17. The number of piperidine rings is 1. The Morgan fingerprint density at radius 2 is 2.00 bits per heavy atom. The van der Waals surface area contributed by atoms with E-state index in [4.69, 9.17) is 0 Å². The summed E-state index contributed by atoms with van der Waals surface area (Å²) in [7, 11) is 0. The molecule has 1 aromatic rings. The quantitative estimate of drug-likeness (QED) is 0.874. The van der Waals surface area contributed by atoms with Gasteiger partial charge in [-0.1, -0.05) is 6.92 Å². The summed E-state index contributed by atoms with van der Waals surface area (Å²) in [4.78, 5) is 19.0. The van der Waals surface area contributed by atoms with Crippen molar-refractivity contribution in [3.63, 3.8) is 0 Å². The molecular formula is C16H26N4O. The second-order valence-corrected chi connectivity index (χ2v) is 6.06. The van der Waals surface area contributed by atoms with Crippen molar-refractivity contribution in [2.75, 3.05) is 29.9 Å². The number of nitrogens with one attached hydrogen (secondary N) is 2. The Labute approximate surface area is 127 Å². The molecule has 1 aliphatic rings. The Bertz CT molecular complexity index is 464. The first-order valence-electron chi connectivity index (χ1n) is 7.80. The van der Waals surface area contributed by atoms with E-state index in [1.165, 1.54) is 19.3 Å². The number of carbonyl (C=O) groups excluding carboxylic acids is 1. The predicted molar refractivity (Wildman–Crippen MR) is 86.7 cm³/mol. The molecule has 0 aliphatic carbocycles. The fourth-order valence-electron chi connectivity index (χ4n) is 2.58. The molecule has 5 nitrogen and oxygen atoms in total. The molecule has 0 aromatic carbocycles. The highest BCUT2D eigenvalue weighted by molar-refractivity contribution is 5.97. The molecule has 1 saturated heterocycles. The summed E-state index contributed by atoms with van der Waals surface area (Å²) in [5.74, 6) is 0.954. The monoisotopic (exact) mass is 290 g/mol. The zero-order chi connectivity index (χ0) is 15.3. The molecule has 1 aliphatic heterocycles. The maximum atomic E-state index is 12.2. The van der Waals surface area contributed by atoms with Gasteiger partial charge in [0.1, 0.15) is 5.82 Å². The first kappa shape index (κ1) is 15.8. The van der Waals surface area contributed by atoms with E-state index in [1.54, 1.807) is 6.20 Å². The van der Waals surface area contributed by atoms with Crippen molar-refractivity contribution in [2.24, 2.45) is 0 Å². The highest BCUT2D eigenvalue weighted by Crippen LogP contribution is 2.19. The lowest BCUT2D eigenvalue weighted by atomic mass is 10.0. The SMILES string of the molecule is CCNC(C)(C)C(=O)Nc1ccc(N2CCCCC2)nc1. The van der Waals surface area contributed by atoms with Gasteiger partial charge >= 0.3 is 0 Å². The van der Waals surface area contributed by atoms with Gasteiger partial charge in [-0.15, -0.1) is 0 Å². The van der Waals surface area contributed by atoms with E-state index in [9.17, 15) is 4.79 Å². The average molecular weight is 290 g/mol. The lowest BCUT2D eigenvalue weighted by Gasteiger charge is -2.28. The van der Waals surface area contributed by atoms with Gasteiger partial charge in [0.15, 0.2) is 0 Å². The summed E-state index contributed by atoms with van der Waals surface area (Å²) in [5, 5.41) is 6.08. The maximum Gasteiger partial charge on any atom is 0.244 e. The number of hydrogen-bond acceptors (Lipinski definition) is 4. The van der Waals surface area contributed by atoms with Gasteiger partial charge in [-0.3, -0.25) is 4.79 Å². The lowest BCUT2D eigenvalue weighted by molar-refractivity contribution is -0.121. The van der Waals surface area contributed by atoms with Crippen LogP contribution in [0.5, 0.6) is 0 Å². The molecule has 1 amide bonds. The van der Waals surface area contributed by atoms with Gasteiger partial charge in [0.2, 0.25) is 5.91 Å². The molecule has 2 heterocycles. The minimum absolute atomic E-state index is 0.0446.